The highest BCUT2D eigenvalue weighted by Crippen LogP contribution is 2.20. The second-order valence-electron chi connectivity index (χ2n) is 7.94. The summed E-state index contributed by atoms with van der Waals surface area (Å²) in [4.78, 5) is 24.2. The molecule has 144 valence electrons. The number of aromatic nitrogens is 1. The van der Waals surface area contributed by atoms with E-state index in [9.17, 15) is 4.79 Å². The van der Waals surface area contributed by atoms with Gasteiger partial charge in [0.05, 0.1) is 12.2 Å². The van der Waals surface area contributed by atoms with Gasteiger partial charge in [0.1, 0.15) is 0 Å². The minimum atomic E-state index is 0.281. The number of amides is 1. The maximum Gasteiger partial charge on any atom is 0.237 e. The van der Waals surface area contributed by atoms with Crippen molar-refractivity contribution in [1.82, 2.24) is 19.7 Å². The van der Waals surface area contributed by atoms with Gasteiger partial charge in [-0.05, 0) is 64.4 Å². The van der Waals surface area contributed by atoms with E-state index in [4.69, 9.17) is 0 Å². The molecule has 5 heteroatoms. The van der Waals surface area contributed by atoms with Gasteiger partial charge in [0.2, 0.25) is 5.91 Å². The average Bonchev–Trinajstić information content (AvgIpc) is 2.91. The predicted molar refractivity (Wildman–Crippen MR) is 105 cm³/mol. The molecule has 0 unspecified atom stereocenters. The maximum absolute atomic E-state index is 13.0. The summed E-state index contributed by atoms with van der Waals surface area (Å²) >= 11 is 0. The number of rotatable bonds is 6. The van der Waals surface area contributed by atoms with Crippen LogP contribution in [0, 0.1) is 0 Å². The van der Waals surface area contributed by atoms with E-state index in [1.54, 1.807) is 0 Å². The van der Waals surface area contributed by atoms with Crippen molar-refractivity contribution in [2.75, 3.05) is 39.8 Å². The molecule has 0 saturated carbocycles. The van der Waals surface area contributed by atoms with Gasteiger partial charge in [-0.3, -0.25) is 14.7 Å². The largest absolute Gasteiger partial charge is 0.337 e. The summed E-state index contributed by atoms with van der Waals surface area (Å²) in [5.74, 6) is 0.281. The van der Waals surface area contributed by atoms with Crippen LogP contribution in [0.3, 0.4) is 0 Å². The highest BCUT2D eigenvalue weighted by Gasteiger charge is 2.28. The van der Waals surface area contributed by atoms with Gasteiger partial charge in [-0.15, -0.1) is 0 Å². The molecule has 2 fully saturated rings. The smallest absolute Gasteiger partial charge is 0.237 e. The summed E-state index contributed by atoms with van der Waals surface area (Å²) in [5.41, 5.74) is 1.02. The summed E-state index contributed by atoms with van der Waals surface area (Å²) in [6.07, 6.45) is 10.7. The van der Waals surface area contributed by atoms with Crippen LogP contribution in [0.5, 0.6) is 0 Å². The molecule has 0 bridgehead atoms. The van der Waals surface area contributed by atoms with Gasteiger partial charge in [0, 0.05) is 31.9 Å². The number of hydrogen-bond acceptors (Lipinski definition) is 4. The van der Waals surface area contributed by atoms with Crippen molar-refractivity contribution in [2.45, 2.75) is 57.5 Å². The molecular formula is C21H34N4O. The highest BCUT2D eigenvalue weighted by molar-refractivity contribution is 5.78. The van der Waals surface area contributed by atoms with E-state index in [0.717, 1.165) is 38.2 Å². The highest BCUT2D eigenvalue weighted by atomic mass is 16.2. The van der Waals surface area contributed by atoms with E-state index in [0.29, 0.717) is 12.6 Å². The Balaban J connectivity index is 1.53. The lowest BCUT2D eigenvalue weighted by Gasteiger charge is -2.39. The topological polar surface area (TPSA) is 39.7 Å². The SMILES string of the molecule is CN(CC(=O)N1CCCC[C@H]1CN1CCCCCC1)Cc1ccccn1. The monoisotopic (exact) mass is 358 g/mol. The van der Waals surface area contributed by atoms with E-state index in [1.165, 1.54) is 45.2 Å². The number of nitrogens with zero attached hydrogens (tertiary/aromatic N) is 4. The number of likely N-dealkylation sites (N-methyl/N-ethyl adjacent to an activating group) is 1. The molecule has 1 amide bonds. The molecular weight excluding hydrogens is 324 g/mol. The van der Waals surface area contributed by atoms with Crippen molar-refractivity contribution < 1.29 is 4.79 Å². The first-order chi connectivity index (χ1) is 12.7. The number of carbonyl (C=O) groups excluding carboxylic acids is 1. The summed E-state index contributed by atoms with van der Waals surface area (Å²) in [6, 6.07) is 6.34. The Morgan fingerprint density at radius 3 is 2.62 bits per heavy atom. The molecule has 3 heterocycles. The average molecular weight is 359 g/mol. The third-order valence-corrected chi connectivity index (χ3v) is 5.68. The zero-order chi connectivity index (χ0) is 18.2. The molecule has 5 nitrogen and oxygen atoms in total. The van der Waals surface area contributed by atoms with Crippen molar-refractivity contribution in [3.63, 3.8) is 0 Å². The number of carbonyl (C=O) groups is 1. The van der Waals surface area contributed by atoms with Crippen LogP contribution in [-0.4, -0.2) is 71.4 Å². The van der Waals surface area contributed by atoms with Crippen LogP contribution in [0.4, 0.5) is 0 Å². The molecule has 0 aliphatic carbocycles. The standard InChI is InChI=1S/C21H34N4O/c1-23(16-19-10-4-6-12-22-19)18-21(26)25-15-9-5-11-20(25)17-24-13-7-2-3-8-14-24/h4,6,10,12,20H,2-3,5,7-9,11,13-18H2,1H3/t20-/m0/s1. The lowest BCUT2D eigenvalue weighted by molar-refractivity contribution is -0.136. The van der Waals surface area contributed by atoms with Crippen molar-refractivity contribution in [3.05, 3.63) is 30.1 Å². The Morgan fingerprint density at radius 1 is 1.12 bits per heavy atom. The van der Waals surface area contributed by atoms with Crippen molar-refractivity contribution in [2.24, 2.45) is 0 Å². The first kappa shape index (κ1) is 19.3. The quantitative estimate of drug-likeness (QED) is 0.784. The molecule has 0 N–H and O–H groups in total. The summed E-state index contributed by atoms with van der Waals surface area (Å²) in [7, 11) is 2.01. The van der Waals surface area contributed by atoms with Crippen molar-refractivity contribution in [3.8, 4) is 0 Å². The Labute approximate surface area is 158 Å². The van der Waals surface area contributed by atoms with Gasteiger partial charge in [0.15, 0.2) is 0 Å². The van der Waals surface area contributed by atoms with Crippen molar-refractivity contribution in [1.29, 1.82) is 0 Å². The van der Waals surface area contributed by atoms with Gasteiger partial charge < -0.3 is 9.80 Å². The van der Waals surface area contributed by atoms with E-state index in [2.05, 4.69) is 19.7 Å². The zero-order valence-electron chi connectivity index (χ0n) is 16.3. The summed E-state index contributed by atoms with van der Waals surface area (Å²) < 4.78 is 0. The normalized spacial score (nSPS) is 22.4. The fourth-order valence-electron chi connectivity index (χ4n) is 4.28. The second-order valence-corrected chi connectivity index (χ2v) is 7.94. The van der Waals surface area contributed by atoms with Crippen LogP contribution >= 0.6 is 0 Å². The zero-order valence-corrected chi connectivity index (χ0v) is 16.3. The van der Waals surface area contributed by atoms with Gasteiger partial charge in [-0.1, -0.05) is 18.9 Å². The van der Waals surface area contributed by atoms with Gasteiger partial charge in [-0.25, -0.2) is 0 Å². The number of likely N-dealkylation sites (tertiary alicyclic amines) is 2. The Kier molecular flexibility index (Phi) is 7.44. The predicted octanol–water partition coefficient (Wildman–Crippen LogP) is 2.77. The van der Waals surface area contributed by atoms with Gasteiger partial charge in [0.25, 0.3) is 0 Å². The molecule has 0 spiro atoms. The molecule has 2 aliphatic rings. The van der Waals surface area contributed by atoms with Crippen LogP contribution in [-0.2, 0) is 11.3 Å². The van der Waals surface area contributed by atoms with Crippen LogP contribution in [0.2, 0.25) is 0 Å². The molecule has 2 aliphatic heterocycles. The van der Waals surface area contributed by atoms with E-state index in [-0.39, 0.29) is 5.91 Å². The first-order valence-corrected chi connectivity index (χ1v) is 10.3. The lowest BCUT2D eigenvalue weighted by atomic mass is 10.0. The maximum atomic E-state index is 13.0. The Bertz CT molecular complexity index is 542. The number of hydrogen-bond donors (Lipinski definition) is 0. The minimum absolute atomic E-state index is 0.281. The summed E-state index contributed by atoms with van der Waals surface area (Å²) in [5, 5.41) is 0. The molecule has 26 heavy (non-hydrogen) atoms. The third kappa shape index (κ3) is 5.78. The number of piperidine rings is 1. The summed E-state index contributed by atoms with van der Waals surface area (Å²) in [6.45, 7) is 5.60. The van der Waals surface area contributed by atoms with Gasteiger partial charge in [-0.2, -0.15) is 0 Å². The molecule has 0 radical (unpaired) electrons. The molecule has 2 saturated heterocycles. The minimum Gasteiger partial charge on any atom is -0.337 e. The number of pyridine rings is 1. The Morgan fingerprint density at radius 2 is 1.88 bits per heavy atom. The van der Waals surface area contributed by atoms with E-state index < -0.39 is 0 Å². The molecule has 1 atom stereocenters. The lowest BCUT2D eigenvalue weighted by Crippen LogP contribution is -2.52. The van der Waals surface area contributed by atoms with Crippen LogP contribution < -0.4 is 0 Å². The fraction of sp³-hybridized carbons (Fsp3) is 0.714. The first-order valence-electron chi connectivity index (χ1n) is 10.3. The third-order valence-electron chi connectivity index (χ3n) is 5.68. The molecule has 0 aromatic carbocycles. The second kappa shape index (κ2) is 10.0. The van der Waals surface area contributed by atoms with Gasteiger partial charge >= 0.3 is 0 Å². The van der Waals surface area contributed by atoms with E-state index >= 15 is 0 Å². The fourth-order valence-corrected chi connectivity index (χ4v) is 4.28. The van der Waals surface area contributed by atoms with Crippen LogP contribution in [0.1, 0.15) is 50.6 Å². The van der Waals surface area contributed by atoms with E-state index in [1.807, 2.05) is 31.4 Å². The van der Waals surface area contributed by atoms with Crippen molar-refractivity contribution >= 4 is 5.91 Å². The Hall–Kier alpha value is -1.46. The molecule has 1 aromatic heterocycles. The molecule has 1 aromatic rings. The van der Waals surface area contributed by atoms with Crippen LogP contribution in [0.25, 0.3) is 0 Å². The molecule has 3 rings (SSSR count). The van der Waals surface area contributed by atoms with Crippen LogP contribution in [0.15, 0.2) is 24.4 Å².